The van der Waals surface area contributed by atoms with E-state index in [2.05, 4.69) is 5.32 Å². The smallest absolute Gasteiger partial charge is 0.306 e. The summed E-state index contributed by atoms with van der Waals surface area (Å²) in [4.78, 5) is 90.9. The fourth-order valence-corrected chi connectivity index (χ4v) is 5.49. The third-order valence-corrected chi connectivity index (χ3v) is 7.74. The van der Waals surface area contributed by atoms with Crippen molar-refractivity contribution in [2.45, 2.75) is 178 Å². The average molecular weight is 862 g/mol. The van der Waals surface area contributed by atoms with Crippen molar-refractivity contribution in [3.05, 3.63) is 0 Å². The number of carbonyl (C=O) groups is 7. The first-order valence-corrected chi connectivity index (χ1v) is 18.8. The summed E-state index contributed by atoms with van der Waals surface area (Å²) in [6.07, 6.45) is -11.1. The van der Waals surface area contributed by atoms with Gasteiger partial charge in [-0.05, 0) is 81.6 Å². The molecule has 320 valence electrons. The number of halogens is 3. The van der Waals surface area contributed by atoms with Crippen molar-refractivity contribution < 1.29 is 71.5 Å². The van der Waals surface area contributed by atoms with Gasteiger partial charge in [-0.3, -0.25) is 39.0 Å². The van der Waals surface area contributed by atoms with Crippen molar-refractivity contribution in [2.75, 3.05) is 0 Å². The first-order valence-electron chi connectivity index (χ1n) is 17.7. The quantitative estimate of drug-likeness (QED) is 0.0718. The van der Waals surface area contributed by atoms with E-state index in [1.807, 2.05) is 0 Å². The second kappa shape index (κ2) is 20.3. The molecule has 1 rings (SSSR count). The van der Waals surface area contributed by atoms with E-state index in [0.29, 0.717) is 0 Å². The van der Waals surface area contributed by atoms with Gasteiger partial charge in [0.25, 0.3) is 9.70 Å². The van der Waals surface area contributed by atoms with Crippen LogP contribution in [0.4, 0.5) is 0 Å². The summed E-state index contributed by atoms with van der Waals surface area (Å²) >= 11 is 17.5. The minimum Gasteiger partial charge on any atom is -0.460 e. The van der Waals surface area contributed by atoms with Crippen LogP contribution in [0.1, 0.15) is 122 Å². The number of carbonyl (C=O) groups excluding carboxylic acids is 7. The fraction of sp³-hybridized carbons (Fsp3) is 0.778. The molecular weight excluding hydrogens is 807 g/mol. The number of ether oxygens (including phenoxy) is 8. The van der Waals surface area contributed by atoms with Crippen molar-refractivity contribution >= 4 is 82.4 Å². The molecule has 0 spiro atoms. The summed E-state index contributed by atoms with van der Waals surface area (Å²) in [6.45, 7) is 17.9. The number of rotatable bonds is 15. The standard InChI is InChI=1S/C36H55Cl3N2O15/c1-19(42)49-25-26(50-20(2)43)28(51-21(3)44)30(53-31(40)36(37,38)39)52-27(25)29(48)41-35(16-13-22(45)54-32(4,5)6,17-14-23(46)55-33(7,8)9)18-15-24(47)56-34(10,11)12/h25-28,30,40H,13-18H2,1-12H3,(H,41,48)/t25-,26-,27-,28+,30+/m0/s1. The molecule has 0 aliphatic carbocycles. The van der Waals surface area contributed by atoms with Crippen molar-refractivity contribution in [1.29, 1.82) is 5.41 Å². The molecule has 20 heteroatoms. The molecule has 56 heavy (non-hydrogen) atoms. The normalized spacial score (nSPS) is 20.4. The van der Waals surface area contributed by atoms with Crippen LogP contribution >= 0.6 is 34.8 Å². The van der Waals surface area contributed by atoms with Gasteiger partial charge < -0.3 is 43.2 Å². The minimum absolute atomic E-state index is 0.217. The molecule has 1 heterocycles. The Morgan fingerprint density at radius 1 is 0.571 bits per heavy atom. The molecule has 1 aliphatic rings. The summed E-state index contributed by atoms with van der Waals surface area (Å²) in [5.41, 5.74) is -4.27. The zero-order chi connectivity index (χ0) is 43.6. The molecule has 0 unspecified atom stereocenters. The Balaban J connectivity index is 3.95. The summed E-state index contributed by atoms with van der Waals surface area (Å²) in [5, 5.41) is 10.9. The monoisotopic (exact) mass is 860 g/mol. The lowest BCUT2D eigenvalue weighted by Gasteiger charge is -2.45. The highest BCUT2D eigenvalue weighted by atomic mass is 35.6. The molecule has 0 bridgehead atoms. The Kier molecular flexibility index (Phi) is 18.4. The first kappa shape index (κ1) is 50.6. The summed E-state index contributed by atoms with van der Waals surface area (Å²) in [7, 11) is 0. The maximum Gasteiger partial charge on any atom is 0.306 e. The van der Waals surface area contributed by atoms with E-state index in [4.69, 9.17) is 78.1 Å². The van der Waals surface area contributed by atoms with Crippen LogP contribution in [0, 0.1) is 5.41 Å². The number of amides is 1. The SMILES string of the molecule is CC(=O)O[C@@H]1[C@@H](OC(C)=O)[C@@H](OC(=N)C(Cl)(Cl)Cl)O[C@H](C(=O)NC(CCC(=O)OC(C)(C)C)(CCC(=O)OC(C)(C)C)CCC(=O)OC(C)(C)C)[C@H]1OC(C)=O. The van der Waals surface area contributed by atoms with Crippen molar-refractivity contribution in [1.82, 2.24) is 5.32 Å². The van der Waals surface area contributed by atoms with Crippen LogP contribution in [0.3, 0.4) is 0 Å². The van der Waals surface area contributed by atoms with Gasteiger partial charge in [0.15, 0.2) is 18.3 Å². The average Bonchev–Trinajstić information content (AvgIpc) is 2.96. The highest BCUT2D eigenvalue weighted by Crippen LogP contribution is 2.35. The Labute approximate surface area is 342 Å². The third-order valence-electron chi connectivity index (χ3n) is 7.22. The topological polar surface area (TPSA) is 229 Å². The zero-order valence-electron chi connectivity index (χ0n) is 33.9. The molecule has 0 aromatic carbocycles. The summed E-state index contributed by atoms with van der Waals surface area (Å²) in [5.74, 6) is -7.13. The largest absolute Gasteiger partial charge is 0.460 e. The van der Waals surface area contributed by atoms with Gasteiger partial charge in [-0.1, -0.05) is 34.8 Å². The molecule has 1 saturated heterocycles. The Morgan fingerprint density at radius 2 is 0.911 bits per heavy atom. The Hall–Kier alpha value is -3.41. The summed E-state index contributed by atoms with van der Waals surface area (Å²) < 4.78 is 41.5. The van der Waals surface area contributed by atoms with Gasteiger partial charge >= 0.3 is 35.8 Å². The molecule has 0 radical (unpaired) electrons. The van der Waals surface area contributed by atoms with Gasteiger partial charge in [0.05, 0.1) is 0 Å². The van der Waals surface area contributed by atoms with Gasteiger partial charge in [0, 0.05) is 45.6 Å². The number of esters is 6. The third kappa shape index (κ3) is 19.2. The van der Waals surface area contributed by atoms with E-state index in [1.54, 1.807) is 62.3 Å². The van der Waals surface area contributed by atoms with Crippen LogP contribution in [0.25, 0.3) is 0 Å². The van der Waals surface area contributed by atoms with Gasteiger partial charge in [-0.15, -0.1) is 0 Å². The second-order valence-electron chi connectivity index (χ2n) is 16.1. The van der Waals surface area contributed by atoms with Crippen LogP contribution in [-0.4, -0.2) is 104 Å². The van der Waals surface area contributed by atoms with E-state index >= 15 is 0 Å². The summed E-state index contributed by atoms with van der Waals surface area (Å²) in [6, 6.07) is 0. The second-order valence-corrected chi connectivity index (χ2v) is 18.4. The van der Waals surface area contributed by atoms with Crippen LogP contribution in [0.2, 0.25) is 0 Å². The number of nitrogens with one attached hydrogen (secondary N) is 2. The van der Waals surface area contributed by atoms with Crippen molar-refractivity contribution in [2.24, 2.45) is 0 Å². The van der Waals surface area contributed by atoms with E-state index < -0.39 is 104 Å². The van der Waals surface area contributed by atoms with E-state index in [0.717, 1.165) is 20.8 Å². The lowest BCUT2D eigenvalue weighted by Crippen LogP contribution is -2.67. The number of hydrogen-bond acceptors (Lipinski definition) is 16. The van der Waals surface area contributed by atoms with Gasteiger partial charge in [0.2, 0.25) is 18.3 Å². The predicted molar refractivity (Wildman–Crippen MR) is 201 cm³/mol. The molecule has 17 nitrogen and oxygen atoms in total. The Morgan fingerprint density at radius 3 is 1.23 bits per heavy atom. The number of hydrogen-bond donors (Lipinski definition) is 2. The van der Waals surface area contributed by atoms with E-state index in [1.165, 1.54) is 0 Å². The van der Waals surface area contributed by atoms with E-state index in [-0.39, 0.29) is 38.5 Å². The molecule has 1 aliphatic heterocycles. The van der Waals surface area contributed by atoms with Crippen LogP contribution in [0.15, 0.2) is 0 Å². The minimum atomic E-state index is -2.49. The molecule has 0 aromatic heterocycles. The first-order chi connectivity index (χ1) is 25.2. The lowest BCUT2D eigenvalue weighted by molar-refractivity contribution is -0.282. The predicted octanol–water partition coefficient (Wildman–Crippen LogP) is 5.09. The maximum atomic E-state index is 14.6. The molecule has 1 amide bonds. The molecule has 1 fully saturated rings. The maximum absolute atomic E-state index is 14.6. The van der Waals surface area contributed by atoms with Crippen LogP contribution in [0.5, 0.6) is 0 Å². The van der Waals surface area contributed by atoms with Crippen LogP contribution < -0.4 is 5.32 Å². The molecule has 5 atom stereocenters. The van der Waals surface area contributed by atoms with Gasteiger partial charge in [-0.2, -0.15) is 0 Å². The van der Waals surface area contributed by atoms with Gasteiger partial charge in [-0.25, -0.2) is 0 Å². The Bertz CT molecular complexity index is 1380. The fourth-order valence-electron chi connectivity index (χ4n) is 5.36. The highest BCUT2D eigenvalue weighted by Gasteiger charge is 2.57. The van der Waals surface area contributed by atoms with Crippen LogP contribution in [-0.2, 0) is 71.5 Å². The lowest BCUT2D eigenvalue weighted by atomic mass is 9.82. The number of alkyl halides is 3. The molecule has 0 saturated carbocycles. The molecule has 0 aromatic rings. The molecule has 2 N–H and O–H groups in total. The zero-order valence-corrected chi connectivity index (χ0v) is 36.2. The van der Waals surface area contributed by atoms with Crippen molar-refractivity contribution in [3.63, 3.8) is 0 Å². The molecular formula is C36H55Cl3N2O15. The van der Waals surface area contributed by atoms with Gasteiger partial charge in [0.1, 0.15) is 16.8 Å². The van der Waals surface area contributed by atoms with E-state index in [9.17, 15) is 33.6 Å². The highest BCUT2D eigenvalue weighted by molar-refractivity contribution is 6.76. The van der Waals surface area contributed by atoms with Crippen molar-refractivity contribution in [3.8, 4) is 0 Å².